The van der Waals surface area contributed by atoms with Crippen LogP contribution in [0.4, 0.5) is 0 Å². The van der Waals surface area contributed by atoms with Crippen molar-refractivity contribution >= 4 is 31.5 Å². The largest absolute Gasteiger partial charge is 0.282 e. The number of benzene rings is 2. The van der Waals surface area contributed by atoms with Crippen LogP contribution in [0, 0.1) is 0 Å². The first kappa shape index (κ1) is 19.9. The van der Waals surface area contributed by atoms with E-state index in [2.05, 4.69) is 8.80 Å². The predicted octanol–water partition coefficient (Wildman–Crippen LogP) is 3.55. The second kappa shape index (κ2) is 7.65. The van der Waals surface area contributed by atoms with Gasteiger partial charge in [0.15, 0.2) is 0 Å². The van der Waals surface area contributed by atoms with Gasteiger partial charge < -0.3 is 0 Å². The van der Waals surface area contributed by atoms with Crippen molar-refractivity contribution in [3.05, 3.63) is 84.0 Å². The Bertz CT molecular complexity index is 1120. The minimum absolute atomic E-state index is 0.0903. The number of nitrogens with zero attached hydrogens (tertiary/aromatic N) is 2. The number of rotatable bonds is 4. The zero-order valence-corrected chi connectivity index (χ0v) is 16.9. The number of sulfonamides is 2. The average Bonchev–Trinajstić information content (AvgIpc) is 2.67. The quantitative estimate of drug-likeness (QED) is 0.715. The van der Waals surface area contributed by atoms with E-state index in [0.29, 0.717) is 11.1 Å². The average molecular weight is 415 g/mol. The molecule has 0 bridgehead atoms. The van der Waals surface area contributed by atoms with E-state index in [1.807, 2.05) is 0 Å². The highest BCUT2D eigenvalue weighted by Crippen LogP contribution is 2.20. The van der Waals surface area contributed by atoms with Gasteiger partial charge in [-0.1, -0.05) is 36.4 Å². The van der Waals surface area contributed by atoms with Crippen molar-refractivity contribution in [2.45, 2.75) is 23.6 Å². The molecule has 0 spiro atoms. The van der Waals surface area contributed by atoms with E-state index in [-0.39, 0.29) is 21.2 Å². The van der Waals surface area contributed by atoms with Crippen LogP contribution in [0.1, 0.15) is 13.8 Å². The molecule has 28 heavy (non-hydrogen) atoms. The molecule has 1 aliphatic carbocycles. The Morgan fingerprint density at radius 2 is 0.893 bits per heavy atom. The summed E-state index contributed by atoms with van der Waals surface area (Å²) in [5.74, 6) is 0. The topological polar surface area (TPSA) is 93.0 Å². The third kappa shape index (κ3) is 4.35. The SMILES string of the molecule is CC1=CC(=N\S(=O)(=O)c2ccccc2)/C(C)=CC/1=N/S(=O)(=O)c1ccccc1. The van der Waals surface area contributed by atoms with Crippen LogP contribution in [0.25, 0.3) is 0 Å². The zero-order chi connectivity index (χ0) is 20.4. The van der Waals surface area contributed by atoms with Crippen LogP contribution >= 0.6 is 0 Å². The lowest BCUT2D eigenvalue weighted by Gasteiger charge is -2.13. The molecule has 0 aliphatic heterocycles. The van der Waals surface area contributed by atoms with Crippen LogP contribution in [0.15, 0.2) is 103 Å². The summed E-state index contributed by atoms with van der Waals surface area (Å²) in [6, 6.07) is 15.8. The first-order chi connectivity index (χ1) is 13.2. The molecule has 2 aromatic rings. The molecule has 0 unspecified atom stereocenters. The van der Waals surface area contributed by atoms with E-state index in [0.717, 1.165) is 0 Å². The highest BCUT2D eigenvalue weighted by atomic mass is 32.2. The van der Waals surface area contributed by atoms with Crippen molar-refractivity contribution < 1.29 is 16.8 Å². The first-order valence-corrected chi connectivity index (χ1v) is 11.2. The van der Waals surface area contributed by atoms with Crippen molar-refractivity contribution in [1.29, 1.82) is 0 Å². The number of allylic oxidation sites excluding steroid dienone is 4. The molecular formula is C20H18N2O4S2. The third-order valence-corrected chi connectivity index (χ3v) is 6.64. The molecule has 6 nitrogen and oxygen atoms in total. The molecule has 0 radical (unpaired) electrons. The Labute approximate surface area is 164 Å². The lowest BCUT2D eigenvalue weighted by molar-refractivity contribution is 0.596. The summed E-state index contributed by atoms with van der Waals surface area (Å²) in [4.78, 5) is 0.181. The predicted molar refractivity (Wildman–Crippen MR) is 110 cm³/mol. The summed E-state index contributed by atoms with van der Waals surface area (Å²) in [5.41, 5.74) is 1.51. The van der Waals surface area contributed by atoms with Gasteiger partial charge in [0, 0.05) is 0 Å². The standard InChI is InChI=1S/C20H18N2O4S2/c1-15-13-20(22-28(25,26)18-11-7-4-8-12-18)16(2)14-19(15)21-27(23,24)17-9-5-3-6-10-17/h3-14H,1-2H3/b21-19-,22-20+. The molecule has 0 saturated heterocycles. The van der Waals surface area contributed by atoms with Gasteiger partial charge in [-0.3, -0.25) is 0 Å². The van der Waals surface area contributed by atoms with E-state index in [4.69, 9.17) is 0 Å². The fourth-order valence-electron chi connectivity index (χ4n) is 2.53. The van der Waals surface area contributed by atoms with Gasteiger partial charge in [0.2, 0.25) is 0 Å². The molecule has 3 rings (SSSR count). The van der Waals surface area contributed by atoms with Crippen LogP contribution in [0.2, 0.25) is 0 Å². The molecule has 0 amide bonds. The summed E-state index contributed by atoms with van der Waals surface area (Å²) in [6.07, 6.45) is 3.05. The molecule has 1 aliphatic rings. The molecule has 144 valence electrons. The Balaban J connectivity index is 1.99. The highest BCUT2D eigenvalue weighted by molar-refractivity contribution is 7.90. The minimum Gasteiger partial charge on any atom is -0.199 e. The minimum atomic E-state index is -3.87. The van der Waals surface area contributed by atoms with Gasteiger partial charge in [0.25, 0.3) is 20.0 Å². The monoisotopic (exact) mass is 414 g/mol. The molecule has 0 saturated carbocycles. The van der Waals surface area contributed by atoms with Crippen molar-refractivity contribution in [2.24, 2.45) is 8.80 Å². The zero-order valence-electron chi connectivity index (χ0n) is 15.3. The summed E-state index contributed by atoms with van der Waals surface area (Å²) in [6.45, 7) is 3.32. The Morgan fingerprint density at radius 1 is 0.571 bits per heavy atom. The third-order valence-electron chi connectivity index (χ3n) is 4.03. The van der Waals surface area contributed by atoms with E-state index in [1.165, 1.54) is 36.4 Å². The number of hydrogen-bond donors (Lipinski definition) is 0. The van der Waals surface area contributed by atoms with Gasteiger partial charge in [-0.2, -0.15) is 25.6 Å². The Hall–Kier alpha value is -2.84. The van der Waals surface area contributed by atoms with Crippen LogP contribution in [-0.4, -0.2) is 28.3 Å². The molecule has 2 aromatic carbocycles. The van der Waals surface area contributed by atoms with E-state index in [1.54, 1.807) is 50.2 Å². The first-order valence-electron chi connectivity index (χ1n) is 8.36. The van der Waals surface area contributed by atoms with Gasteiger partial charge in [-0.05, 0) is 61.4 Å². The highest BCUT2D eigenvalue weighted by Gasteiger charge is 2.20. The molecular weight excluding hydrogens is 396 g/mol. The summed E-state index contributed by atoms with van der Waals surface area (Å²) in [7, 11) is -7.73. The van der Waals surface area contributed by atoms with Crippen LogP contribution in [-0.2, 0) is 20.0 Å². The molecule has 0 N–H and O–H groups in total. The van der Waals surface area contributed by atoms with Gasteiger partial charge in [-0.15, -0.1) is 0 Å². The molecule has 0 aromatic heterocycles. The maximum absolute atomic E-state index is 12.5. The Morgan fingerprint density at radius 3 is 1.21 bits per heavy atom. The van der Waals surface area contributed by atoms with Crippen molar-refractivity contribution in [3.63, 3.8) is 0 Å². The van der Waals surface area contributed by atoms with Gasteiger partial charge in [-0.25, -0.2) is 0 Å². The van der Waals surface area contributed by atoms with Gasteiger partial charge in [0.05, 0.1) is 21.2 Å². The maximum atomic E-state index is 12.5. The van der Waals surface area contributed by atoms with Crippen LogP contribution in [0.5, 0.6) is 0 Å². The smallest absolute Gasteiger partial charge is 0.199 e. The van der Waals surface area contributed by atoms with Crippen LogP contribution in [0.3, 0.4) is 0 Å². The molecule has 0 fully saturated rings. The lowest BCUT2D eigenvalue weighted by Crippen LogP contribution is -2.14. The second-order valence-corrected chi connectivity index (χ2v) is 9.39. The van der Waals surface area contributed by atoms with Crippen molar-refractivity contribution in [3.8, 4) is 0 Å². The van der Waals surface area contributed by atoms with E-state index < -0.39 is 20.0 Å². The fraction of sp³-hybridized carbons (Fsp3) is 0.100. The van der Waals surface area contributed by atoms with Crippen molar-refractivity contribution in [2.75, 3.05) is 0 Å². The molecule has 0 atom stereocenters. The Kier molecular flexibility index (Phi) is 5.44. The summed E-state index contributed by atoms with van der Waals surface area (Å²) >= 11 is 0. The van der Waals surface area contributed by atoms with E-state index in [9.17, 15) is 16.8 Å². The van der Waals surface area contributed by atoms with Crippen molar-refractivity contribution in [1.82, 2.24) is 0 Å². The normalized spacial score (nSPS) is 18.1. The number of hydrogen-bond acceptors (Lipinski definition) is 4. The van der Waals surface area contributed by atoms with E-state index >= 15 is 0 Å². The second-order valence-electron chi connectivity index (χ2n) is 6.18. The molecule has 0 heterocycles. The lowest BCUT2D eigenvalue weighted by atomic mass is 9.98. The van der Waals surface area contributed by atoms with Gasteiger partial charge >= 0.3 is 0 Å². The van der Waals surface area contributed by atoms with Gasteiger partial charge in [0.1, 0.15) is 0 Å². The molecule has 8 heteroatoms. The summed E-state index contributed by atoms with van der Waals surface area (Å²) in [5, 5.41) is 0. The summed E-state index contributed by atoms with van der Waals surface area (Å²) < 4.78 is 57.7. The maximum Gasteiger partial charge on any atom is 0.282 e. The van der Waals surface area contributed by atoms with Crippen LogP contribution < -0.4 is 0 Å². The fourth-order valence-corrected chi connectivity index (χ4v) is 4.66.